The number of methoxy groups -OCH3 is 2. The molecule has 1 heterocycles. The van der Waals surface area contributed by atoms with Crippen molar-refractivity contribution in [1.29, 1.82) is 0 Å². The molecule has 0 fully saturated rings. The molecule has 2 amide bonds. The van der Waals surface area contributed by atoms with Gasteiger partial charge in [-0.15, -0.1) is 11.3 Å². The fourth-order valence-electron chi connectivity index (χ4n) is 1.88. The molecular formula is C16H17N3O4S. The second-order valence-corrected chi connectivity index (χ2v) is 5.48. The summed E-state index contributed by atoms with van der Waals surface area (Å²) in [4.78, 5) is 24.0. The van der Waals surface area contributed by atoms with Crippen LogP contribution in [0.15, 0.2) is 40.8 Å². The van der Waals surface area contributed by atoms with E-state index in [4.69, 9.17) is 9.47 Å². The summed E-state index contributed by atoms with van der Waals surface area (Å²) in [5.74, 6) is 0.358. The highest BCUT2D eigenvalue weighted by Crippen LogP contribution is 2.29. The van der Waals surface area contributed by atoms with Crippen LogP contribution in [0.4, 0.5) is 0 Å². The Bertz CT molecular complexity index is 729. The summed E-state index contributed by atoms with van der Waals surface area (Å²) in [6.45, 7) is -0.163. The van der Waals surface area contributed by atoms with E-state index in [1.807, 2.05) is 0 Å². The zero-order valence-electron chi connectivity index (χ0n) is 13.2. The Hall–Kier alpha value is -2.87. The van der Waals surface area contributed by atoms with Crippen LogP contribution in [0.25, 0.3) is 0 Å². The zero-order valence-corrected chi connectivity index (χ0v) is 14.1. The molecule has 0 unspecified atom stereocenters. The number of hydrazone groups is 1. The summed E-state index contributed by atoms with van der Waals surface area (Å²) < 4.78 is 10.4. The first-order valence-electron chi connectivity index (χ1n) is 7.00. The van der Waals surface area contributed by atoms with Gasteiger partial charge in [0.2, 0.25) is 0 Å². The fourth-order valence-corrected chi connectivity index (χ4v) is 2.52. The van der Waals surface area contributed by atoms with Gasteiger partial charge in [-0.1, -0.05) is 12.1 Å². The Kier molecular flexibility index (Phi) is 6.32. The predicted octanol–water partition coefficient (Wildman–Crippen LogP) is 1.65. The summed E-state index contributed by atoms with van der Waals surface area (Å²) in [5.41, 5.74) is 3.00. The zero-order chi connectivity index (χ0) is 17.4. The van der Waals surface area contributed by atoms with E-state index < -0.39 is 5.91 Å². The number of benzene rings is 1. The van der Waals surface area contributed by atoms with Gasteiger partial charge >= 0.3 is 0 Å². The Morgan fingerprint density at radius 2 is 2.04 bits per heavy atom. The number of hydrogen-bond acceptors (Lipinski definition) is 6. The molecule has 0 atom stereocenters. The third-order valence-electron chi connectivity index (χ3n) is 2.98. The molecule has 0 saturated carbocycles. The molecule has 7 nitrogen and oxygen atoms in total. The quantitative estimate of drug-likeness (QED) is 0.589. The maximum absolute atomic E-state index is 11.7. The second-order valence-electron chi connectivity index (χ2n) is 4.54. The van der Waals surface area contributed by atoms with Gasteiger partial charge in [0.1, 0.15) is 0 Å². The number of nitrogens with one attached hydrogen (secondary N) is 2. The molecule has 0 saturated heterocycles. The van der Waals surface area contributed by atoms with Crippen LogP contribution in [0.2, 0.25) is 0 Å². The lowest BCUT2D eigenvalue weighted by Gasteiger charge is -2.09. The maximum Gasteiger partial charge on any atom is 0.261 e. The highest BCUT2D eigenvalue weighted by Gasteiger charge is 2.09. The first-order valence-corrected chi connectivity index (χ1v) is 7.88. The van der Waals surface area contributed by atoms with Crippen molar-refractivity contribution >= 4 is 29.4 Å². The molecule has 2 N–H and O–H groups in total. The number of carbonyl (C=O) groups is 2. The number of para-hydroxylation sites is 1. The number of nitrogens with zero attached hydrogens (tertiary/aromatic N) is 1. The molecular weight excluding hydrogens is 330 g/mol. The van der Waals surface area contributed by atoms with Crippen molar-refractivity contribution in [3.8, 4) is 11.5 Å². The highest BCUT2D eigenvalue weighted by atomic mass is 32.1. The number of rotatable bonds is 7. The van der Waals surface area contributed by atoms with Gasteiger partial charge in [0.15, 0.2) is 11.5 Å². The fraction of sp³-hybridized carbons (Fsp3) is 0.188. The average Bonchev–Trinajstić information content (AvgIpc) is 3.14. The van der Waals surface area contributed by atoms with Crippen LogP contribution in [0.5, 0.6) is 11.5 Å². The summed E-state index contributed by atoms with van der Waals surface area (Å²) in [7, 11) is 3.06. The Labute approximate surface area is 143 Å². The van der Waals surface area contributed by atoms with Crippen LogP contribution in [-0.4, -0.2) is 38.8 Å². The third kappa shape index (κ3) is 4.56. The van der Waals surface area contributed by atoms with Crippen LogP contribution in [-0.2, 0) is 4.79 Å². The molecule has 24 heavy (non-hydrogen) atoms. The van der Waals surface area contributed by atoms with E-state index in [2.05, 4.69) is 15.8 Å². The monoisotopic (exact) mass is 347 g/mol. The lowest BCUT2D eigenvalue weighted by molar-refractivity contribution is -0.120. The van der Waals surface area contributed by atoms with Gasteiger partial charge in [0.05, 0.1) is 31.9 Å². The van der Waals surface area contributed by atoms with Gasteiger partial charge in [0, 0.05) is 5.56 Å². The molecule has 1 aromatic heterocycles. The van der Waals surface area contributed by atoms with Crippen molar-refractivity contribution in [2.75, 3.05) is 20.8 Å². The SMILES string of the molecule is COc1cccc(/C=N/NC(=O)CNC(=O)c2cccs2)c1OC. The van der Waals surface area contributed by atoms with Gasteiger partial charge in [0.25, 0.3) is 11.8 Å². The molecule has 2 rings (SSSR count). The van der Waals surface area contributed by atoms with E-state index in [-0.39, 0.29) is 12.5 Å². The van der Waals surface area contributed by atoms with Crippen LogP contribution in [0.3, 0.4) is 0 Å². The number of carbonyl (C=O) groups excluding carboxylic acids is 2. The van der Waals surface area contributed by atoms with Crippen LogP contribution in [0.1, 0.15) is 15.2 Å². The van der Waals surface area contributed by atoms with Crippen molar-refractivity contribution in [2.45, 2.75) is 0 Å². The van der Waals surface area contributed by atoms with Gasteiger partial charge in [-0.2, -0.15) is 5.10 Å². The Balaban J connectivity index is 1.87. The maximum atomic E-state index is 11.7. The summed E-state index contributed by atoms with van der Waals surface area (Å²) in [6, 6.07) is 8.77. The summed E-state index contributed by atoms with van der Waals surface area (Å²) in [5, 5.41) is 8.17. The average molecular weight is 347 g/mol. The predicted molar refractivity (Wildman–Crippen MR) is 91.9 cm³/mol. The molecule has 0 spiro atoms. The van der Waals surface area contributed by atoms with Crippen molar-refractivity contribution in [1.82, 2.24) is 10.7 Å². The molecule has 0 aliphatic carbocycles. The summed E-state index contributed by atoms with van der Waals surface area (Å²) in [6.07, 6.45) is 1.44. The third-order valence-corrected chi connectivity index (χ3v) is 3.85. The highest BCUT2D eigenvalue weighted by molar-refractivity contribution is 7.12. The van der Waals surface area contributed by atoms with Crippen molar-refractivity contribution < 1.29 is 19.1 Å². The van der Waals surface area contributed by atoms with E-state index >= 15 is 0 Å². The van der Waals surface area contributed by atoms with Gasteiger partial charge in [-0.05, 0) is 23.6 Å². The van der Waals surface area contributed by atoms with E-state index in [1.165, 1.54) is 31.8 Å². The minimum atomic E-state index is -0.432. The van der Waals surface area contributed by atoms with Crippen LogP contribution < -0.4 is 20.2 Å². The van der Waals surface area contributed by atoms with Crippen molar-refractivity contribution in [3.63, 3.8) is 0 Å². The van der Waals surface area contributed by atoms with Crippen LogP contribution >= 0.6 is 11.3 Å². The number of amides is 2. The largest absolute Gasteiger partial charge is 0.493 e. The van der Waals surface area contributed by atoms with Gasteiger partial charge < -0.3 is 14.8 Å². The Morgan fingerprint density at radius 1 is 1.21 bits per heavy atom. The molecule has 0 radical (unpaired) electrons. The topological polar surface area (TPSA) is 89.0 Å². The minimum absolute atomic E-state index is 0.163. The lowest BCUT2D eigenvalue weighted by Crippen LogP contribution is -2.34. The molecule has 0 bridgehead atoms. The normalized spacial score (nSPS) is 10.4. The standard InChI is InChI=1S/C16H17N3O4S/c1-22-12-6-3-5-11(15(12)23-2)9-18-19-14(20)10-17-16(21)13-7-4-8-24-13/h3-9H,10H2,1-2H3,(H,17,21)(H,19,20)/b18-9+. The van der Waals surface area contributed by atoms with E-state index in [0.29, 0.717) is 21.9 Å². The smallest absolute Gasteiger partial charge is 0.261 e. The molecule has 126 valence electrons. The molecule has 0 aliphatic heterocycles. The van der Waals surface area contributed by atoms with Crippen molar-refractivity contribution in [3.05, 3.63) is 46.2 Å². The Morgan fingerprint density at radius 3 is 2.71 bits per heavy atom. The first-order chi connectivity index (χ1) is 11.7. The molecule has 8 heteroatoms. The minimum Gasteiger partial charge on any atom is -0.493 e. The van der Waals surface area contributed by atoms with Gasteiger partial charge in [-0.25, -0.2) is 5.43 Å². The number of hydrogen-bond donors (Lipinski definition) is 2. The lowest BCUT2D eigenvalue weighted by atomic mass is 10.2. The van der Waals surface area contributed by atoms with Crippen molar-refractivity contribution in [2.24, 2.45) is 5.10 Å². The number of thiophene rings is 1. The number of ether oxygens (including phenoxy) is 2. The van der Waals surface area contributed by atoms with E-state index in [0.717, 1.165) is 0 Å². The summed E-state index contributed by atoms with van der Waals surface area (Å²) >= 11 is 1.31. The molecule has 1 aromatic carbocycles. The van der Waals surface area contributed by atoms with E-state index in [1.54, 1.807) is 35.7 Å². The molecule has 0 aliphatic rings. The second kappa shape index (κ2) is 8.68. The van der Waals surface area contributed by atoms with Gasteiger partial charge in [-0.3, -0.25) is 9.59 Å². The van der Waals surface area contributed by atoms with E-state index in [9.17, 15) is 9.59 Å². The van der Waals surface area contributed by atoms with Crippen LogP contribution in [0, 0.1) is 0 Å². The molecule has 2 aromatic rings. The first kappa shape index (κ1) is 17.5.